The van der Waals surface area contributed by atoms with Crippen molar-refractivity contribution in [1.29, 1.82) is 0 Å². The van der Waals surface area contributed by atoms with Gasteiger partial charge in [0.25, 0.3) is 10.0 Å². The number of pyridine rings is 1. The highest BCUT2D eigenvalue weighted by molar-refractivity contribution is 7.92. The predicted molar refractivity (Wildman–Crippen MR) is 105 cm³/mol. The lowest BCUT2D eigenvalue weighted by molar-refractivity contribution is -0.137. The Morgan fingerprint density at radius 3 is 2.68 bits per heavy atom. The maximum atomic E-state index is 13.4. The van der Waals surface area contributed by atoms with Crippen LogP contribution in [0.2, 0.25) is 0 Å². The smallest absolute Gasteiger partial charge is 0.264 e. The Morgan fingerprint density at radius 2 is 1.87 bits per heavy atom. The largest absolute Gasteiger partial charge is 0.416 e. The quantitative estimate of drug-likeness (QED) is 0.480. The fraction of sp³-hybridized carbons (Fsp3) is 0.211. The van der Waals surface area contributed by atoms with E-state index < -0.39 is 21.8 Å². The van der Waals surface area contributed by atoms with Gasteiger partial charge in [-0.1, -0.05) is 12.1 Å². The van der Waals surface area contributed by atoms with E-state index in [1.165, 1.54) is 10.5 Å². The molecule has 12 heteroatoms. The van der Waals surface area contributed by atoms with Crippen molar-refractivity contribution in [2.45, 2.75) is 24.0 Å². The minimum atomic E-state index is -4.55. The van der Waals surface area contributed by atoms with Gasteiger partial charge < -0.3 is 0 Å². The van der Waals surface area contributed by atoms with Gasteiger partial charge >= 0.3 is 6.18 Å². The van der Waals surface area contributed by atoms with Crippen molar-refractivity contribution in [1.82, 2.24) is 24.5 Å². The molecule has 0 unspecified atom stereocenters. The van der Waals surface area contributed by atoms with Crippen molar-refractivity contribution >= 4 is 26.6 Å². The third kappa shape index (κ3) is 3.23. The molecule has 0 radical (unpaired) electrons. The summed E-state index contributed by atoms with van der Waals surface area (Å²) in [4.78, 5) is 3.74. The van der Waals surface area contributed by atoms with Gasteiger partial charge in [0.15, 0.2) is 5.82 Å². The fourth-order valence-corrected chi connectivity index (χ4v) is 5.08. The second kappa shape index (κ2) is 6.80. The van der Waals surface area contributed by atoms with Crippen molar-refractivity contribution in [2.75, 3.05) is 10.8 Å². The zero-order valence-corrected chi connectivity index (χ0v) is 16.7. The Balaban J connectivity index is 1.56. The number of aromatic nitrogens is 5. The van der Waals surface area contributed by atoms with Crippen LogP contribution in [0.3, 0.4) is 0 Å². The first-order valence-electron chi connectivity index (χ1n) is 9.31. The van der Waals surface area contributed by atoms with E-state index in [-0.39, 0.29) is 17.3 Å². The molecule has 1 aliphatic rings. The molecule has 0 fully saturated rings. The van der Waals surface area contributed by atoms with Crippen LogP contribution in [0.4, 0.5) is 18.9 Å². The van der Waals surface area contributed by atoms with Crippen LogP contribution in [0.5, 0.6) is 0 Å². The first kappa shape index (κ1) is 19.5. The molecule has 8 nitrogen and oxygen atoms in total. The normalized spacial score (nSPS) is 14.7. The number of anilines is 1. The number of hydrogen-bond donors (Lipinski definition) is 0. The first-order valence-corrected chi connectivity index (χ1v) is 10.7. The molecule has 0 aliphatic carbocycles. The molecule has 4 heterocycles. The van der Waals surface area contributed by atoms with Gasteiger partial charge in [-0.15, -0.1) is 0 Å². The van der Waals surface area contributed by atoms with Gasteiger partial charge in [-0.3, -0.25) is 8.99 Å². The highest BCUT2D eigenvalue weighted by Gasteiger charge is 2.32. The summed E-state index contributed by atoms with van der Waals surface area (Å²) < 4.78 is 69.9. The standard InChI is InChI=1S/C19H15F3N6O2S/c20-19(21,22)14-5-6-23-17(9-14)27-12-15(11-25-27)31(29,30)28-8-2-7-26-18-13(10-24-26)3-1-4-16(18)28/h1,3-6,9-12H,2,7-8H2. The van der Waals surface area contributed by atoms with Crippen LogP contribution in [0.1, 0.15) is 12.0 Å². The molecular formula is C19H15F3N6O2S. The van der Waals surface area contributed by atoms with Crippen LogP contribution in [-0.4, -0.2) is 39.5 Å². The van der Waals surface area contributed by atoms with Crippen molar-refractivity contribution in [3.8, 4) is 5.82 Å². The van der Waals surface area contributed by atoms with E-state index in [0.29, 0.717) is 18.7 Å². The fourth-order valence-electron chi connectivity index (χ4n) is 3.64. The zero-order chi connectivity index (χ0) is 21.8. The monoisotopic (exact) mass is 448 g/mol. The number of aryl methyl sites for hydroxylation is 1. The SMILES string of the molecule is O=S(=O)(c1cnn(-c2cc(C(F)(F)F)ccn2)c1)N1CCCn2ncc3cccc1c32. The predicted octanol–water partition coefficient (Wildman–Crippen LogP) is 3.23. The number of nitrogens with zero attached hydrogens (tertiary/aromatic N) is 6. The topological polar surface area (TPSA) is 85.9 Å². The summed E-state index contributed by atoms with van der Waals surface area (Å²) in [5.41, 5.74) is 0.317. The number of benzene rings is 1. The maximum absolute atomic E-state index is 13.4. The van der Waals surface area contributed by atoms with E-state index in [0.717, 1.165) is 40.1 Å². The molecule has 0 saturated carbocycles. The number of hydrogen-bond acceptors (Lipinski definition) is 5. The molecule has 0 spiro atoms. The average Bonchev–Trinajstić information content (AvgIpc) is 3.34. The van der Waals surface area contributed by atoms with Gasteiger partial charge in [0.1, 0.15) is 4.90 Å². The van der Waals surface area contributed by atoms with Crippen LogP contribution in [0, 0.1) is 0 Å². The van der Waals surface area contributed by atoms with Crippen molar-refractivity contribution in [3.05, 3.63) is 60.7 Å². The Bertz CT molecular complexity index is 1390. The van der Waals surface area contributed by atoms with Crippen molar-refractivity contribution in [2.24, 2.45) is 0 Å². The maximum Gasteiger partial charge on any atom is 0.416 e. The van der Waals surface area contributed by atoms with Gasteiger partial charge in [0, 0.05) is 24.7 Å². The summed E-state index contributed by atoms with van der Waals surface area (Å²) >= 11 is 0. The van der Waals surface area contributed by atoms with E-state index in [1.54, 1.807) is 23.0 Å². The van der Waals surface area contributed by atoms with Gasteiger partial charge in [-0.05, 0) is 24.6 Å². The third-order valence-electron chi connectivity index (χ3n) is 5.09. The van der Waals surface area contributed by atoms with Crippen molar-refractivity contribution in [3.63, 3.8) is 0 Å². The molecule has 0 N–H and O–H groups in total. The molecule has 31 heavy (non-hydrogen) atoms. The second-order valence-corrected chi connectivity index (χ2v) is 8.90. The molecule has 0 saturated heterocycles. The van der Waals surface area contributed by atoms with Crippen LogP contribution in [0.25, 0.3) is 16.7 Å². The molecule has 5 rings (SSSR count). The molecular weight excluding hydrogens is 433 g/mol. The molecule has 0 amide bonds. The van der Waals surface area contributed by atoms with E-state index in [9.17, 15) is 21.6 Å². The number of para-hydroxylation sites is 1. The molecule has 1 aliphatic heterocycles. The lowest BCUT2D eigenvalue weighted by Crippen LogP contribution is -2.31. The number of alkyl halides is 3. The van der Waals surface area contributed by atoms with Crippen LogP contribution < -0.4 is 4.31 Å². The Morgan fingerprint density at radius 1 is 1.03 bits per heavy atom. The summed E-state index contributed by atoms with van der Waals surface area (Å²) in [5, 5.41) is 9.09. The van der Waals surface area contributed by atoms with Crippen LogP contribution in [-0.2, 0) is 22.7 Å². The van der Waals surface area contributed by atoms with Crippen molar-refractivity contribution < 1.29 is 21.6 Å². The molecule has 1 aromatic carbocycles. The highest BCUT2D eigenvalue weighted by Crippen LogP contribution is 2.34. The summed E-state index contributed by atoms with van der Waals surface area (Å²) in [6, 6.07) is 6.98. The minimum Gasteiger partial charge on any atom is -0.264 e. The summed E-state index contributed by atoms with van der Waals surface area (Å²) in [6.07, 6.45) is 0.970. The lowest BCUT2D eigenvalue weighted by atomic mass is 10.2. The number of halogens is 3. The van der Waals surface area contributed by atoms with E-state index in [1.807, 2.05) is 6.07 Å². The Hall–Kier alpha value is -3.41. The van der Waals surface area contributed by atoms with Gasteiger partial charge in [0.05, 0.1) is 35.4 Å². The van der Waals surface area contributed by atoms with Gasteiger partial charge in [-0.25, -0.2) is 18.1 Å². The van der Waals surface area contributed by atoms with E-state index in [2.05, 4.69) is 15.2 Å². The summed E-state index contributed by atoms with van der Waals surface area (Å²) in [5.74, 6) is -0.132. The van der Waals surface area contributed by atoms with E-state index >= 15 is 0 Å². The molecule has 160 valence electrons. The summed E-state index contributed by atoms with van der Waals surface area (Å²) in [7, 11) is -4.02. The number of sulfonamides is 1. The molecule has 3 aromatic heterocycles. The Labute approximate surface area is 174 Å². The lowest BCUT2D eigenvalue weighted by Gasteiger charge is -2.22. The number of rotatable bonds is 3. The van der Waals surface area contributed by atoms with Gasteiger partial charge in [0.2, 0.25) is 0 Å². The third-order valence-corrected chi connectivity index (χ3v) is 6.86. The molecule has 0 bridgehead atoms. The van der Waals surface area contributed by atoms with E-state index in [4.69, 9.17) is 0 Å². The second-order valence-electron chi connectivity index (χ2n) is 7.03. The average molecular weight is 448 g/mol. The first-order chi connectivity index (χ1) is 14.7. The van der Waals surface area contributed by atoms with Gasteiger partial charge in [-0.2, -0.15) is 23.4 Å². The Kier molecular flexibility index (Phi) is 4.29. The molecule has 4 aromatic rings. The van der Waals surface area contributed by atoms with Crippen LogP contribution in [0.15, 0.2) is 60.0 Å². The zero-order valence-electron chi connectivity index (χ0n) is 15.9. The van der Waals surface area contributed by atoms with Crippen LogP contribution >= 0.6 is 0 Å². The summed E-state index contributed by atoms with van der Waals surface area (Å²) in [6.45, 7) is 0.803. The minimum absolute atomic E-state index is 0.132. The highest BCUT2D eigenvalue weighted by atomic mass is 32.2. The molecule has 0 atom stereocenters.